The minimum atomic E-state index is -0.392. The highest BCUT2D eigenvalue weighted by Gasteiger charge is 2.19. The van der Waals surface area contributed by atoms with Gasteiger partial charge in [0, 0.05) is 21.3 Å². The minimum absolute atomic E-state index is 0.0606. The molecule has 0 atom stereocenters. The van der Waals surface area contributed by atoms with Crippen LogP contribution in [0.5, 0.6) is 0 Å². The average Bonchev–Trinajstić information content (AvgIpc) is 3.16. The van der Waals surface area contributed by atoms with Crippen LogP contribution in [0.1, 0.15) is 16.2 Å². The van der Waals surface area contributed by atoms with Gasteiger partial charge in [0.05, 0.1) is 5.69 Å². The van der Waals surface area contributed by atoms with E-state index in [4.69, 9.17) is 23.2 Å². The Morgan fingerprint density at radius 1 is 0.862 bits per heavy atom. The van der Waals surface area contributed by atoms with Gasteiger partial charge in [0.25, 0.3) is 5.91 Å². The standard InChI is InChI=1S/C22H16Cl2N4O/c1-14-2-10-18(11-3-14)25-22(29)20-26-21(15-4-6-16(23)7-5-15)28(27-20)19-12-8-17(24)9-13-19/h2-13H,1H3,(H,25,29). The van der Waals surface area contributed by atoms with Gasteiger partial charge in [-0.3, -0.25) is 4.79 Å². The Morgan fingerprint density at radius 2 is 1.45 bits per heavy atom. The maximum Gasteiger partial charge on any atom is 0.295 e. The number of nitrogens with one attached hydrogen (secondary N) is 1. The van der Waals surface area contributed by atoms with Gasteiger partial charge < -0.3 is 5.32 Å². The smallest absolute Gasteiger partial charge is 0.295 e. The Balaban J connectivity index is 1.74. The highest BCUT2D eigenvalue weighted by atomic mass is 35.5. The number of carbonyl (C=O) groups is 1. The normalized spacial score (nSPS) is 10.7. The van der Waals surface area contributed by atoms with E-state index in [1.165, 1.54) is 0 Å². The molecule has 5 nitrogen and oxygen atoms in total. The summed E-state index contributed by atoms with van der Waals surface area (Å²) in [7, 11) is 0. The first-order valence-electron chi connectivity index (χ1n) is 8.86. The summed E-state index contributed by atoms with van der Waals surface area (Å²) in [6.07, 6.45) is 0. The Kier molecular flexibility index (Phi) is 5.34. The number of anilines is 1. The molecule has 0 aliphatic rings. The molecule has 144 valence electrons. The van der Waals surface area contributed by atoms with Gasteiger partial charge in [-0.1, -0.05) is 40.9 Å². The first-order valence-corrected chi connectivity index (χ1v) is 9.62. The van der Waals surface area contributed by atoms with Crippen LogP contribution in [-0.2, 0) is 0 Å². The van der Waals surface area contributed by atoms with Crippen LogP contribution < -0.4 is 5.32 Å². The fourth-order valence-corrected chi connectivity index (χ4v) is 3.03. The molecule has 0 aliphatic heterocycles. The van der Waals surface area contributed by atoms with E-state index in [0.717, 1.165) is 16.8 Å². The van der Waals surface area contributed by atoms with Crippen LogP contribution in [0.3, 0.4) is 0 Å². The molecule has 1 heterocycles. The van der Waals surface area contributed by atoms with E-state index in [2.05, 4.69) is 15.4 Å². The lowest BCUT2D eigenvalue weighted by molar-refractivity contribution is 0.101. The van der Waals surface area contributed by atoms with Crippen molar-refractivity contribution in [3.8, 4) is 17.1 Å². The number of nitrogens with zero attached hydrogens (tertiary/aromatic N) is 3. The van der Waals surface area contributed by atoms with Gasteiger partial charge in [0.15, 0.2) is 5.82 Å². The molecule has 0 bridgehead atoms. The van der Waals surface area contributed by atoms with Crippen LogP contribution in [0.4, 0.5) is 5.69 Å². The van der Waals surface area contributed by atoms with Crippen molar-refractivity contribution >= 4 is 34.8 Å². The zero-order valence-corrected chi connectivity index (χ0v) is 16.9. The van der Waals surface area contributed by atoms with E-state index in [1.54, 1.807) is 28.9 Å². The van der Waals surface area contributed by atoms with E-state index < -0.39 is 5.91 Å². The maximum absolute atomic E-state index is 12.7. The van der Waals surface area contributed by atoms with Crippen LogP contribution in [-0.4, -0.2) is 20.7 Å². The van der Waals surface area contributed by atoms with Crippen molar-refractivity contribution in [2.24, 2.45) is 0 Å². The number of hydrogen-bond donors (Lipinski definition) is 1. The second-order valence-corrected chi connectivity index (χ2v) is 7.35. The van der Waals surface area contributed by atoms with Gasteiger partial charge >= 0.3 is 0 Å². The van der Waals surface area contributed by atoms with Gasteiger partial charge in [0.2, 0.25) is 5.82 Å². The van der Waals surface area contributed by atoms with Crippen molar-refractivity contribution in [3.05, 3.63) is 94.2 Å². The molecule has 1 amide bonds. The monoisotopic (exact) mass is 422 g/mol. The van der Waals surface area contributed by atoms with Crippen LogP contribution in [0, 0.1) is 6.92 Å². The molecule has 4 rings (SSSR count). The molecule has 4 aromatic rings. The number of benzene rings is 3. The van der Waals surface area contributed by atoms with Gasteiger partial charge in [-0.2, -0.15) is 0 Å². The molecule has 1 N–H and O–H groups in total. The van der Waals surface area contributed by atoms with Crippen molar-refractivity contribution in [2.45, 2.75) is 6.92 Å². The fourth-order valence-electron chi connectivity index (χ4n) is 2.78. The van der Waals surface area contributed by atoms with Crippen LogP contribution in [0.2, 0.25) is 10.0 Å². The van der Waals surface area contributed by atoms with Crippen LogP contribution in [0.15, 0.2) is 72.8 Å². The second-order valence-electron chi connectivity index (χ2n) is 6.47. The zero-order valence-electron chi connectivity index (χ0n) is 15.4. The van der Waals surface area contributed by atoms with Crippen LogP contribution >= 0.6 is 23.2 Å². The van der Waals surface area contributed by atoms with E-state index in [0.29, 0.717) is 21.6 Å². The topological polar surface area (TPSA) is 59.8 Å². The first kappa shape index (κ1) is 19.2. The molecule has 0 spiro atoms. The molecule has 0 radical (unpaired) electrons. The molecule has 29 heavy (non-hydrogen) atoms. The maximum atomic E-state index is 12.7. The predicted molar refractivity (Wildman–Crippen MR) is 116 cm³/mol. The first-order chi connectivity index (χ1) is 14.0. The van der Waals surface area contributed by atoms with Crippen molar-refractivity contribution in [1.29, 1.82) is 0 Å². The second kappa shape index (κ2) is 8.07. The number of aryl methyl sites for hydroxylation is 1. The third-order valence-electron chi connectivity index (χ3n) is 4.29. The van der Waals surface area contributed by atoms with Crippen LogP contribution in [0.25, 0.3) is 17.1 Å². The number of aromatic nitrogens is 3. The highest BCUT2D eigenvalue weighted by molar-refractivity contribution is 6.30. The molecule has 0 aliphatic carbocycles. The quantitative estimate of drug-likeness (QED) is 0.451. The Labute approximate surface area is 177 Å². The summed E-state index contributed by atoms with van der Waals surface area (Å²) >= 11 is 12.0. The summed E-state index contributed by atoms with van der Waals surface area (Å²) < 4.78 is 1.61. The largest absolute Gasteiger partial charge is 0.319 e. The molecule has 1 aromatic heterocycles. The molecule has 3 aromatic carbocycles. The Morgan fingerprint density at radius 3 is 2.07 bits per heavy atom. The third-order valence-corrected chi connectivity index (χ3v) is 4.80. The molecular formula is C22H16Cl2N4O. The van der Waals surface area contributed by atoms with Crippen molar-refractivity contribution in [2.75, 3.05) is 5.32 Å². The Bertz CT molecular complexity index is 1090. The molecule has 0 fully saturated rings. The van der Waals surface area contributed by atoms with Crippen molar-refractivity contribution < 1.29 is 4.79 Å². The van der Waals surface area contributed by atoms with Gasteiger partial charge in [0.1, 0.15) is 0 Å². The third kappa shape index (κ3) is 4.31. The van der Waals surface area contributed by atoms with Gasteiger partial charge in [-0.05, 0) is 67.6 Å². The SMILES string of the molecule is Cc1ccc(NC(=O)c2nc(-c3ccc(Cl)cc3)n(-c3ccc(Cl)cc3)n2)cc1. The fraction of sp³-hybridized carbons (Fsp3) is 0.0455. The lowest BCUT2D eigenvalue weighted by atomic mass is 10.2. The van der Waals surface area contributed by atoms with E-state index >= 15 is 0 Å². The van der Waals surface area contributed by atoms with Crippen molar-refractivity contribution in [3.63, 3.8) is 0 Å². The molecule has 7 heteroatoms. The van der Waals surface area contributed by atoms with E-state index in [9.17, 15) is 4.79 Å². The molecule has 0 saturated heterocycles. The summed E-state index contributed by atoms with van der Waals surface area (Å²) in [6, 6.07) is 21.9. The number of carbonyl (C=O) groups excluding carboxylic acids is 1. The molecular weight excluding hydrogens is 407 g/mol. The summed E-state index contributed by atoms with van der Waals surface area (Å²) in [4.78, 5) is 17.2. The number of rotatable bonds is 4. The predicted octanol–water partition coefficient (Wildman–Crippen LogP) is 5.80. The number of hydrogen-bond acceptors (Lipinski definition) is 3. The van der Waals surface area contributed by atoms with E-state index in [-0.39, 0.29) is 5.82 Å². The summed E-state index contributed by atoms with van der Waals surface area (Å²) in [5.74, 6) is 0.195. The van der Waals surface area contributed by atoms with Gasteiger partial charge in [-0.25, -0.2) is 9.67 Å². The number of halogens is 2. The minimum Gasteiger partial charge on any atom is -0.319 e. The number of amides is 1. The Hall–Kier alpha value is -3.15. The summed E-state index contributed by atoms with van der Waals surface area (Å²) in [5, 5.41) is 8.49. The van der Waals surface area contributed by atoms with Crippen molar-refractivity contribution in [1.82, 2.24) is 14.8 Å². The zero-order chi connectivity index (χ0) is 20.4. The summed E-state index contributed by atoms with van der Waals surface area (Å²) in [5.41, 5.74) is 3.31. The molecule has 0 saturated carbocycles. The molecule has 0 unspecified atom stereocenters. The van der Waals surface area contributed by atoms with Gasteiger partial charge in [-0.15, -0.1) is 5.10 Å². The summed E-state index contributed by atoms with van der Waals surface area (Å²) in [6.45, 7) is 1.99. The average molecular weight is 423 g/mol. The highest BCUT2D eigenvalue weighted by Crippen LogP contribution is 2.24. The lowest BCUT2D eigenvalue weighted by Gasteiger charge is -2.06. The lowest BCUT2D eigenvalue weighted by Crippen LogP contribution is -2.14. The van der Waals surface area contributed by atoms with E-state index in [1.807, 2.05) is 55.5 Å².